The number of carboxylic acids is 1. The van der Waals surface area contributed by atoms with Gasteiger partial charge >= 0.3 is 5.97 Å². The van der Waals surface area contributed by atoms with E-state index < -0.39 is 11.9 Å². The summed E-state index contributed by atoms with van der Waals surface area (Å²) in [5, 5.41) is 22.0. The van der Waals surface area contributed by atoms with Gasteiger partial charge in [-0.2, -0.15) is 5.26 Å². The van der Waals surface area contributed by atoms with Crippen LogP contribution in [0.15, 0.2) is 35.7 Å². The van der Waals surface area contributed by atoms with Crippen LogP contribution in [0.3, 0.4) is 0 Å². The number of benzene rings is 1. The van der Waals surface area contributed by atoms with E-state index in [0.717, 1.165) is 11.3 Å². The number of nitrogens with one attached hydrogen (secondary N) is 1. The summed E-state index contributed by atoms with van der Waals surface area (Å²) in [4.78, 5) is 22.8. The Morgan fingerprint density at radius 1 is 1.21 bits per heavy atom. The molecule has 1 aromatic carbocycles. The number of anilines is 1. The summed E-state index contributed by atoms with van der Waals surface area (Å²) in [6.07, 6.45) is 0. The molecule has 19 heavy (non-hydrogen) atoms. The molecular formula is C13H8N2O3S. The van der Waals surface area contributed by atoms with Crippen molar-refractivity contribution in [3.63, 3.8) is 0 Å². The number of thiophene rings is 1. The molecule has 1 amide bonds. The number of rotatable bonds is 3. The van der Waals surface area contributed by atoms with Crippen molar-refractivity contribution < 1.29 is 14.7 Å². The summed E-state index contributed by atoms with van der Waals surface area (Å²) in [6.45, 7) is 0. The quantitative estimate of drug-likeness (QED) is 0.898. The number of carbonyl (C=O) groups excluding carboxylic acids is 1. The number of amides is 1. The highest BCUT2D eigenvalue weighted by Gasteiger charge is 2.14. The lowest BCUT2D eigenvalue weighted by Crippen LogP contribution is -2.13. The van der Waals surface area contributed by atoms with Crippen LogP contribution >= 0.6 is 11.3 Å². The Hall–Kier alpha value is -2.65. The predicted octanol–water partition coefficient (Wildman–Crippen LogP) is 2.57. The maximum Gasteiger partial charge on any atom is 0.338 e. The molecule has 2 aromatic rings. The minimum absolute atomic E-state index is 0.0620. The maximum absolute atomic E-state index is 11.9. The van der Waals surface area contributed by atoms with Crippen molar-refractivity contribution in [2.24, 2.45) is 0 Å². The van der Waals surface area contributed by atoms with Crippen LogP contribution in [0.5, 0.6) is 0 Å². The van der Waals surface area contributed by atoms with Gasteiger partial charge in [0.2, 0.25) is 0 Å². The monoisotopic (exact) mass is 272 g/mol. The molecule has 6 heteroatoms. The molecule has 0 bridgehead atoms. The van der Waals surface area contributed by atoms with Crippen LogP contribution in [0.25, 0.3) is 0 Å². The van der Waals surface area contributed by atoms with Crippen LogP contribution in [0.2, 0.25) is 0 Å². The van der Waals surface area contributed by atoms with Gasteiger partial charge in [0.15, 0.2) is 0 Å². The van der Waals surface area contributed by atoms with Crippen LogP contribution < -0.4 is 5.32 Å². The SMILES string of the molecule is N#Cc1ccc(C(=O)Nc2sccc2C(=O)O)cc1. The standard InChI is InChI=1S/C13H8N2O3S/c14-7-8-1-3-9(4-2-8)11(16)15-12-10(13(17)18)5-6-19-12/h1-6H,(H,15,16)(H,17,18). The number of nitriles is 1. The van der Waals surface area contributed by atoms with Crippen LogP contribution in [0, 0.1) is 11.3 Å². The highest BCUT2D eigenvalue weighted by atomic mass is 32.1. The van der Waals surface area contributed by atoms with Gasteiger partial charge in [0.25, 0.3) is 5.91 Å². The third kappa shape index (κ3) is 2.78. The summed E-state index contributed by atoms with van der Waals surface area (Å²) in [5.41, 5.74) is 0.884. The normalized spacial score (nSPS) is 9.63. The highest BCUT2D eigenvalue weighted by molar-refractivity contribution is 7.14. The van der Waals surface area contributed by atoms with E-state index in [4.69, 9.17) is 10.4 Å². The molecule has 2 N–H and O–H groups in total. The van der Waals surface area contributed by atoms with Crippen molar-refractivity contribution in [2.45, 2.75) is 0 Å². The molecule has 0 atom stereocenters. The number of aromatic carboxylic acids is 1. The molecule has 0 spiro atoms. The first kappa shape index (κ1) is 12.8. The molecule has 0 radical (unpaired) electrons. The van der Waals surface area contributed by atoms with Crippen molar-refractivity contribution in [3.05, 3.63) is 52.4 Å². The number of carbonyl (C=O) groups is 2. The summed E-state index contributed by atoms with van der Waals surface area (Å²) in [5.74, 6) is -1.49. The second-order valence-corrected chi connectivity index (χ2v) is 4.53. The van der Waals surface area contributed by atoms with Crippen LogP contribution in [-0.2, 0) is 0 Å². The molecule has 94 valence electrons. The lowest BCUT2D eigenvalue weighted by molar-refractivity contribution is 0.0698. The molecule has 1 heterocycles. The zero-order chi connectivity index (χ0) is 13.8. The van der Waals surface area contributed by atoms with Crippen molar-refractivity contribution >= 4 is 28.2 Å². The van der Waals surface area contributed by atoms with E-state index >= 15 is 0 Å². The molecule has 5 nitrogen and oxygen atoms in total. The van der Waals surface area contributed by atoms with Crippen LogP contribution in [0.1, 0.15) is 26.3 Å². The van der Waals surface area contributed by atoms with Gasteiger partial charge in [0.05, 0.1) is 17.2 Å². The third-order valence-electron chi connectivity index (χ3n) is 2.40. The molecule has 2 rings (SSSR count). The Bertz CT molecular complexity index is 668. The van der Waals surface area contributed by atoms with Crippen LogP contribution in [-0.4, -0.2) is 17.0 Å². The number of nitrogens with zero attached hydrogens (tertiary/aromatic N) is 1. The highest BCUT2D eigenvalue weighted by Crippen LogP contribution is 2.23. The van der Waals surface area contributed by atoms with E-state index in [9.17, 15) is 9.59 Å². The Labute approximate surface area is 112 Å². The molecule has 0 unspecified atom stereocenters. The predicted molar refractivity (Wildman–Crippen MR) is 70.4 cm³/mol. The molecule has 1 aromatic heterocycles. The van der Waals surface area contributed by atoms with E-state index in [2.05, 4.69) is 5.32 Å². The van der Waals surface area contributed by atoms with Crippen molar-refractivity contribution in [1.82, 2.24) is 0 Å². The van der Waals surface area contributed by atoms with E-state index in [-0.39, 0.29) is 5.56 Å². The fraction of sp³-hybridized carbons (Fsp3) is 0. The fourth-order valence-electron chi connectivity index (χ4n) is 1.45. The van der Waals surface area contributed by atoms with E-state index in [1.165, 1.54) is 30.3 Å². The van der Waals surface area contributed by atoms with Crippen molar-refractivity contribution in [1.29, 1.82) is 5.26 Å². The lowest BCUT2D eigenvalue weighted by atomic mass is 10.1. The molecule has 0 fully saturated rings. The Morgan fingerprint density at radius 3 is 2.47 bits per heavy atom. The minimum Gasteiger partial charge on any atom is -0.478 e. The minimum atomic E-state index is -1.09. The van der Waals surface area contributed by atoms with Gasteiger partial charge in [-0.15, -0.1) is 11.3 Å². The molecule has 0 aliphatic heterocycles. The van der Waals surface area contributed by atoms with Gasteiger partial charge in [-0.05, 0) is 35.7 Å². The van der Waals surface area contributed by atoms with Crippen molar-refractivity contribution in [3.8, 4) is 6.07 Å². The van der Waals surface area contributed by atoms with Gasteiger partial charge in [-0.3, -0.25) is 4.79 Å². The lowest BCUT2D eigenvalue weighted by Gasteiger charge is -2.04. The molecule has 0 saturated heterocycles. The second-order valence-electron chi connectivity index (χ2n) is 3.61. The molecule has 0 aliphatic rings. The van der Waals surface area contributed by atoms with E-state index in [1.54, 1.807) is 5.38 Å². The van der Waals surface area contributed by atoms with E-state index in [1.807, 2.05) is 6.07 Å². The first-order valence-electron chi connectivity index (χ1n) is 5.24. The summed E-state index contributed by atoms with van der Waals surface area (Å²) >= 11 is 1.14. The topological polar surface area (TPSA) is 90.2 Å². The van der Waals surface area contributed by atoms with Gasteiger partial charge < -0.3 is 10.4 Å². The third-order valence-corrected chi connectivity index (χ3v) is 3.23. The number of carboxylic acid groups (broad SMARTS) is 1. The van der Waals surface area contributed by atoms with Gasteiger partial charge in [-0.1, -0.05) is 0 Å². The molecule has 0 aliphatic carbocycles. The van der Waals surface area contributed by atoms with Crippen molar-refractivity contribution in [2.75, 3.05) is 5.32 Å². The largest absolute Gasteiger partial charge is 0.478 e. The Balaban J connectivity index is 2.19. The Morgan fingerprint density at radius 2 is 1.89 bits per heavy atom. The average molecular weight is 272 g/mol. The maximum atomic E-state index is 11.9. The molecular weight excluding hydrogens is 264 g/mol. The summed E-state index contributed by atoms with van der Waals surface area (Å²) in [6, 6.07) is 9.48. The van der Waals surface area contributed by atoms with Gasteiger partial charge in [0, 0.05) is 5.56 Å². The zero-order valence-corrected chi connectivity index (χ0v) is 10.4. The molecule has 0 saturated carbocycles. The first-order valence-corrected chi connectivity index (χ1v) is 6.12. The van der Waals surface area contributed by atoms with Gasteiger partial charge in [-0.25, -0.2) is 4.79 Å². The number of hydrogen-bond acceptors (Lipinski definition) is 4. The summed E-state index contributed by atoms with van der Waals surface area (Å²) < 4.78 is 0. The number of hydrogen-bond donors (Lipinski definition) is 2. The van der Waals surface area contributed by atoms with Gasteiger partial charge in [0.1, 0.15) is 5.00 Å². The second kappa shape index (κ2) is 5.33. The fourth-order valence-corrected chi connectivity index (χ4v) is 2.22. The van der Waals surface area contributed by atoms with Crippen LogP contribution in [0.4, 0.5) is 5.00 Å². The zero-order valence-electron chi connectivity index (χ0n) is 9.58. The smallest absolute Gasteiger partial charge is 0.338 e. The van der Waals surface area contributed by atoms with E-state index in [0.29, 0.717) is 16.1 Å². The first-order chi connectivity index (χ1) is 9.11. The average Bonchev–Trinajstić information content (AvgIpc) is 2.87. The summed E-state index contributed by atoms with van der Waals surface area (Å²) in [7, 11) is 0. The Kier molecular flexibility index (Phi) is 3.59.